The van der Waals surface area contributed by atoms with Gasteiger partial charge in [0, 0.05) is 6.42 Å². The van der Waals surface area contributed by atoms with Crippen LogP contribution in [0, 0.1) is 0 Å². The van der Waals surface area contributed by atoms with Crippen LogP contribution in [0.2, 0.25) is 0 Å². The number of allylic oxidation sites excluding steroid dienone is 6. The van der Waals surface area contributed by atoms with Crippen LogP contribution in [0.1, 0.15) is 245 Å². The molecule has 0 aromatic carbocycles. The van der Waals surface area contributed by atoms with Gasteiger partial charge in [-0.3, -0.25) is 9.36 Å². The number of phosphoric ester groups is 1. The number of hydrogen-bond donors (Lipinski definition) is 2. The molecule has 0 aliphatic heterocycles. The van der Waals surface area contributed by atoms with E-state index in [2.05, 4.69) is 55.6 Å². The molecule has 0 heterocycles. The molecule has 3 atom stereocenters. The molecule has 2 N–H and O–H groups in total. The topological polar surface area (TPSA) is 108 Å². The number of amides is 1. The van der Waals surface area contributed by atoms with Gasteiger partial charge in [0.15, 0.2) is 0 Å². The van der Waals surface area contributed by atoms with Gasteiger partial charge in [0.2, 0.25) is 5.91 Å². The molecule has 0 aromatic rings. The first kappa shape index (κ1) is 60.7. The number of quaternary nitrogens is 1. The lowest BCUT2D eigenvalue weighted by Gasteiger charge is -2.30. The fourth-order valence-electron chi connectivity index (χ4n) is 7.69. The summed E-state index contributed by atoms with van der Waals surface area (Å²) in [5.41, 5.74) is 0. The Bertz CT molecular complexity index is 1110. The molecule has 9 heteroatoms. The van der Waals surface area contributed by atoms with E-state index in [4.69, 9.17) is 9.05 Å². The largest absolute Gasteiger partial charge is 0.756 e. The van der Waals surface area contributed by atoms with E-state index in [1.54, 1.807) is 0 Å². The van der Waals surface area contributed by atoms with Crippen LogP contribution in [-0.4, -0.2) is 68.5 Å². The summed E-state index contributed by atoms with van der Waals surface area (Å²) < 4.78 is 23.4. The van der Waals surface area contributed by atoms with Crippen molar-refractivity contribution in [1.29, 1.82) is 0 Å². The van der Waals surface area contributed by atoms with Crippen LogP contribution in [0.15, 0.2) is 36.5 Å². The third-order valence-electron chi connectivity index (χ3n) is 11.9. The minimum Gasteiger partial charge on any atom is -0.756 e. The summed E-state index contributed by atoms with van der Waals surface area (Å²) in [6.07, 6.45) is 55.8. The van der Waals surface area contributed by atoms with E-state index in [9.17, 15) is 19.4 Å². The Balaban J connectivity index is 4.25. The van der Waals surface area contributed by atoms with Gasteiger partial charge >= 0.3 is 0 Å². The van der Waals surface area contributed by atoms with Crippen molar-refractivity contribution in [2.45, 2.75) is 257 Å². The third-order valence-corrected chi connectivity index (χ3v) is 12.8. The molecule has 0 aliphatic rings. The molecule has 0 rings (SSSR count). The first-order valence-electron chi connectivity index (χ1n) is 26.3. The van der Waals surface area contributed by atoms with Crippen LogP contribution in [0.4, 0.5) is 0 Å². The molecule has 0 spiro atoms. The zero-order valence-corrected chi connectivity index (χ0v) is 42.5. The monoisotopic (exact) mass is 895 g/mol. The number of unbranched alkanes of at least 4 members (excludes halogenated alkanes) is 29. The summed E-state index contributed by atoms with van der Waals surface area (Å²) in [5.74, 6) is -0.171. The highest BCUT2D eigenvalue weighted by atomic mass is 31.2. The number of hydrogen-bond acceptors (Lipinski definition) is 6. The number of phosphoric acid groups is 1. The lowest BCUT2D eigenvalue weighted by molar-refractivity contribution is -0.870. The number of nitrogens with one attached hydrogen (secondary N) is 1. The van der Waals surface area contributed by atoms with Gasteiger partial charge in [-0.15, -0.1) is 0 Å². The molecule has 0 bridgehead atoms. The van der Waals surface area contributed by atoms with Crippen molar-refractivity contribution >= 4 is 13.7 Å². The molecular formula is C53H103N2O6P. The Morgan fingerprint density at radius 1 is 0.565 bits per heavy atom. The Morgan fingerprint density at radius 2 is 0.935 bits per heavy atom. The number of carbonyl (C=O) groups excluding carboxylic acids is 1. The quantitative estimate of drug-likeness (QED) is 0.0273. The van der Waals surface area contributed by atoms with Crippen LogP contribution in [-0.2, 0) is 18.4 Å². The maximum absolute atomic E-state index is 12.9. The second kappa shape index (κ2) is 44.9. The highest BCUT2D eigenvalue weighted by Crippen LogP contribution is 2.38. The van der Waals surface area contributed by atoms with E-state index >= 15 is 0 Å². The van der Waals surface area contributed by atoms with Gasteiger partial charge in [0.1, 0.15) is 13.2 Å². The SMILES string of the molecule is CCCCCCC/C=C\C/C=C\C/C=C\CCCCCCCCCCC(=O)NC(COP(=O)([O-])OCC[N+](C)(C)C)C(O)CCCCCCCCCCCCCCCCCCC. The lowest BCUT2D eigenvalue weighted by Crippen LogP contribution is -2.46. The maximum atomic E-state index is 12.9. The van der Waals surface area contributed by atoms with Crippen LogP contribution in [0.5, 0.6) is 0 Å². The predicted molar refractivity (Wildman–Crippen MR) is 265 cm³/mol. The van der Waals surface area contributed by atoms with E-state index in [1.807, 2.05) is 21.1 Å². The molecule has 366 valence electrons. The second-order valence-corrected chi connectivity index (χ2v) is 20.6. The van der Waals surface area contributed by atoms with Crippen LogP contribution < -0.4 is 10.2 Å². The average molecular weight is 895 g/mol. The molecule has 1 amide bonds. The summed E-state index contributed by atoms with van der Waals surface area (Å²) in [5, 5.41) is 14.0. The number of nitrogens with zero attached hydrogens (tertiary/aromatic N) is 1. The fraction of sp³-hybridized carbons (Fsp3) is 0.868. The van der Waals surface area contributed by atoms with Crippen molar-refractivity contribution in [2.24, 2.45) is 0 Å². The van der Waals surface area contributed by atoms with Crippen molar-refractivity contribution in [3.63, 3.8) is 0 Å². The fourth-order valence-corrected chi connectivity index (χ4v) is 8.42. The number of rotatable bonds is 48. The Morgan fingerprint density at radius 3 is 1.35 bits per heavy atom. The van der Waals surface area contributed by atoms with E-state index in [-0.39, 0.29) is 19.1 Å². The summed E-state index contributed by atoms with van der Waals surface area (Å²) in [6.45, 7) is 4.72. The summed E-state index contributed by atoms with van der Waals surface area (Å²) >= 11 is 0. The molecule has 0 aliphatic carbocycles. The maximum Gasteiger partial charge on any atom is 0.268 e. The van der Waals surface area contributed by atoms with Gasteiger partial charge in [-0.2, -0.15) is 0 Å². The highest BCUT2D eigenvalue weighted by Gasteiger charge is 2.24. The summed E-state index contributed by atoms with van der Waals surface area (Å²) in [6, 6.07) is -0.805. The van der Waals surface area contributed by atoms with Crippen LogP contribution in [0.25, 0.3) is 0 Å². The van der Waals surface area contributed by atoms with Crippen LogP contribution in [0.3, 0.4) is 0 Å². The first-order chi connectivity index (χ1) is 30.0. The molecule has 0 saturated carbocycles. The Hall–Kier alpha value is -1.28. The molecule has 0 aromatic heterocycles. The minimum atomic E-state index is -4.57. The van der Waals surface area contributed by atoms with Crippen molar-refractivity contribution in [2.75, 3.05) is 40.9 Å². The van der Waals surface area contributed by atoms with Crippen molar-refractivity contribution in [3.8, 4) is 0 Å². The van der Waals surface area contributed by atoms with Gasteiger partial charge in [-0.05, 0) is 51.4 Å². The zero-order valence-electron chi connectivity index (χ0n) is 41.6. The summed E-state index contributed by atoms with van der Waals surface area (Å²) in [4.78, 5) is 25.5. The normalized spacial score (nSPS) is 14.4. The van der Waals surface area contributed by atoms with Gasteiger partial charge in [-0.1, -0.05) is 224 Å². The van der Waals surface area contributed by atoms with E-state index in [1.165, 1.54) is 161 Å². The van der Waals surface area contributed by atoms with Crippen molar-refractivity contribution in [3.05, 3.63) is 36.5 Å². The Labute approximate surface area is 385 Å². The predicted octanol–water partition coefficient (Wildman–Crippen LogP) is 14.8. The number of likely N-dealkylation sites (N-methyl/N-ethyl adjacent to an activating group) is 1. The molecule has 0 saturated heterocycles. The number of aliphatic hydroxyl groups excluding tert-OH is 1. The molecular weight excluding hydrogens is 792 g/mol. The smallest absolute Gasteiger partial charge is 0.268 e. The second-order valence-electron chi connectivity index (χ2n) is 19.2. The van der Waals surface area contributed by atoms with Gasteiger partial charge in [0.05, 0.1) is 39.9 Å². The van der Waals surface area contributed by atoms with Crippen molar-refractivity contribution in [1.82, 2.24) is 5.32 Å². The Kier molecular flexibility index (Phi) is 44.0. The van der Waals surface area contributed by atoms with Crippen LogP contribution >= 0.6 is 7.82 Å². The molecule has 0 radical (unpaired) electrons. The van der Waals surface area contributed by atoms with Gasteiger partial charge < -0.3 is 28.8 Å². The number of aliphatic hydroxyl groups is 1. The van der Waals surface area contributed by atoms with E-state index in [0.717, 1.165) is 57.8 Å². The first-order valence-corrected chi connectivity index (χ1v) is 27.8. The van der Waals surface area contributed by atoms with Gasteiger partial charge in [-0.25, -0.2) is 0 Å². The van der Waals surface area contributed by atoms with E-state index < -0.39 is 20.0 Å². The van der Waals surface area contributed by atoms with Gasteiger partial charge in [0.25, 0.3) is 7.82 Å². The third kappa shape index (κ3) is 46.7. The minimum absolute atomic E-state index is 0.0104. The summed E-state index contributed by atoms with van der Waals surface area (Å²) in [7, 11) is 1.30. The molecule has 3 unspecified atom stereocenters. The van der Waals surface area contributed by atoms with Crippen molar-refractivity contribution < 1.29 is 32.9 Å². The van der Waals surface area contributed by atoms with E-state index in [0.29, 0.717) is 23.9 Å². The number of carbonyl (C=O) groups is 1. The molecule has 8 nitrogen and oxygen atoms in total. The zero-order chi connectivity index (χ0) is 45.7. The molecule has 0 fully saturated rings. The molecule has 62 heavy (non-hydrogen) atoms. The lowest BCUT2D eigenvalue weighted by atomic mass is 10.0. The highest BCUT2D eigenvalue weighted by molar-refractivity contribution is 7.45. The average Bonchev–Trinajstić information content (AvgIpc) is 3.23. The standard InChI is InChI=1S/C53H103N2O6P/c1-6-8-10-12-14-16-18-20-22-24-25-26-27-28-29-31-33-35-37-39-41-43-45-47-53(57)54-51(50-61-62(58,59)60-49-48-55(3,4)5)52(56)46-44-42-40-38-36-34-32-30-23-21-19-17-15-13-11-9-7-2/h18,20,24-25,27-28,51-52,56H,6-17,19,21-23,26,29-50H2,1-5H3,(H-,54,57,58,59)/b20-18-,25-24-,28-27-.